The van der Waals surface area contributed by atoms with Crippen molar-refractivity contribution >= 4 is 11.6 Å². The highest BCUT2D eigenvalue weighted by Crippen LogP contribution is 2.40. The average Bonchev–Trinajstić information content (AvgIpc) is 3.61. The monoisotopic (exact) mass is 401 g/mol. The summed E-state index contributed by atoms with van der Waals surface area (Å²) in [5, 5.41) is 4.23. The van der Waals surface area contributed by atoms with Gasteiger partial charge >= 0.3 is 0 Å². The molecule has 154 valence electrons. The maximum Gasteiger partial charge on any atom is 0.185 e. The predicted octanol–water partition coefficient (Wildman–Crippen LogP) is 3.30. The maximum atomic E-state index is 14.7. The second kappa shape index (κ2) is 7.78. The minimum absolute atomic E-state index is 0.0932. The molecule has 1 saturated heterocycles. The molecule has 1 atom stereocenters. The molecule has 0 spiro atoms. The van der Waals surface area contributed by atoms with Crippen LogP contribution in [0.5, 0.6) is 0 Å². The van der Waals surface area contributed by atoms with Gasteiger partial charge in [-0.05, 0) is 44.9 Å². The second-order valence-corrected chi connectivity index (χ2v) is 8.10. The van der Waals surface area contributed by atoms with Crippen LogP contribution in [0.3, 0.4) is 0 Å². The van der Waals surface area contributed by atoms with Crippen LogP contribution in [0.2, 0.25) is 0 Å². The van der Waals surface area contributed by atoms with Gasteiger partial charge in [-0.25, -0.2) is 28.7 Å². The van der Waals surface area contributed by atoms with E-state index in [9.17, 15) is 8.78 Å². The van der Waals surface area contributed by atoms with Gasteiger partial charge in [-0.15, -0.1) is 0 Å². The molecule has 2 aromatic heterocycles. The van der Waals surface area contributed by atoms with E-state index in [2.05, 4.69) is 29.8 Å². The first-order valence-corrected chi connectivity index (χ1v) is 10.5. The van der Waals surface area contributed by atoms with Crippen molar-refractivity contribution in [2.75, 3.05) is 16.5 Å². The first-order valence-electron chi connectivity index (χ1n) is 10.5. The van der Waals surface area contributed by atoms with Crippen LogP contribution in [0.25, 0.3) is 0 Å². The summed E-state index contributed by atoms with van der Waals surface area (Å²) in [6, 6.07) is 0.470. The van der Waals surface area contributed by atoms with Gasteiger partial charge in [0.05, 0.1) is 12.4 Å². The summed E-state index contributed by atoms with van der Waals surface area (Å²) < 4.78 is 29.4. The second-order valence-electron chi connectivity index (χ2n) is 8.10. The van der Waals surface area contributed by atoms with E-state index in [1.54, 1.807) is 0 Å². The number of rotatable bonds is 6. The van der Waals surface area contributed by atoms with E-state index < -0.39 is 11.6 Å². The van der Waals surface area contributed by atoms with Crippen LogP contribution in [0.4, 0.5) is 20.4 Å². The van der Waals surface area contributed by atoms with Gasteiger partial charge in [0.2, 0.25) is 0 Å². The molecule has 3 aliphatic rings. The predicted molar refractivity (Wildman–Crippen MR) is 104 cm³/mol. The fraction of sp³-hybridized carbons (Fsp3) is 0.600. The van der Waals surface area contributed by atoms with Crippen molar-refractivity contribution in [1.29, 1.82) is 0 Å². The zero-order chi connectivity index (χ0) is 19.8. The molecule has 9 heteroatoms. The Bertz CT molecular complexity index is 789. The van der Waals surface area contributed by atoms with Crippen LogP contribution in [-0.4, -0.2) is 49.7 Å². The minimum atomic E-state index is -0.423. The van der Waals surface area contributed by atoms with Crippen LogP contribution in [0, 0.1) is 11.6 Å². The number of aromatic nitrogens is 4. The summed E-state index contributed by atoms with van der Waals surface area (Å²) in [6.07, 6.45) is 13.2. The van der Waals surface area contributed by atoms with Gasteiger partial charge in [-0.1, -0.05) is 6.42 Å². The molecule has 2 aliphatic carbocycles. The van der Waals surface area contributed by atoms with E-state index in [0.29, 0.717) is 11.6 Å². The van der Waals surface area contributed by atoms with E-state index in [1.807, 2.05) is 5.01 Å². The number of hydrazine groups is 1. The Hall–Kier alpha value is -2.42. The Morgan fingerprint density at radius 1 is 0.793 bits per heavy atom. The van der Waals surface area contributed by atoms with E-state index in [0.717, 1.165) is 57.9 Å². The Balaban J connectivity index is 1.56. The lowest BCUT2D eigenvalue weighted by Crippen LogP contribution is -2.58. The van der Waals surface area contributed by atoms with E-state index >= 15 is 0 Å². The lowest BCUT2D eigenvalue weighted by Gasteiger charge is -2.45. The molecule has 2 aromatic rings. The standard InChI is InChI=1S/C20H25F2N7/c21-16-10-23-12-25-19(16)28(14-5-6-14)18-4-2-1-3-9-27(18)29(15-7-8-15)20-17(22)11-24-13-26-20/h10-15,18H,1-9H2. The van der Waals surface area contributed by atoms with Crippen LogP contribution in [0.15, 0.2) is 25.0 Å². The number of hydrogen-bond donors (Lipinski definition) is 0. The van der Waals surface area contributed by atoms with Gasteiger partial charge in [0.15, 0.2) is 23.3 Å². The highest BCUT2D eigenvalue weighted by molar-refractivity contribution is 5.45. The Morgan fingerprint density at radius 2 is 1.45 bits per heavy atom. The Kier molecular flexibility index (Phi) is 4.99. The molecule has 2 saturated carbocycles. The summed E-state index contributed by atoms with van der Waals surface area (Å²) >= 11 is 0. The van der Waals surface area contributed by atoms with Gasteiger partial charge in [-0.3, -0.25) is 5.01 Å². The quantitative estimate of drug-likeness (QED) is 0.736. The summed E-state index contributed by atoms with van der Waals surface area (Å²) in [4.78, 5) is 18.3. The smallest absolute Gasteiger partial charge is 0.185 e. The number of halogens is 2. The fourth-order valence-electron chi connectivity index (χ4n) is 4.31. The summed E-state index contributed by atoms with van der Waals surface area (Å²) in [5.74, 6) is -0.171. The van der Waals surface area contributed by atoms with E-state index in [1.165, 1.54) is 25.0 Å². The molecule has 0 amide bonds. The SMILES string of the molecule is Fc1cncnc1N(C1CC1)C1CCCCCN1N(c1ncncc1F)C1CC1. The van der Waals surface area contributed by atoms with Crippen molar-refractivity contribution in [3.8, 4) is 0 Å². The molecular formula is C20H25F2N7. The van der Waals surface area contributed by atoms with Gasteiger partial charge in [0.1, 0.15) is 18.8 Å². The van der Waals surface area contributed by atoms with Crippen molar-refractivity contribution in [1.82, 2.24) is 24.9 Å². The average molecular weight is 401 g/mol. The van der Waals surface area contributed by atoms with Crippen molar-refractivity contribution < 1.29 is 8.78 Å². The molecule has 1 aliphatic heterocycles. The molecule has 5 rings (SSSR count). The lowest BCUT2D eigenvalue weighted by molar-refractivity contribution is 0.164. The van der Waals surface area contributed by atoms with Crippen LogP contribution in [0.1, 0.15) is 51.4 Å². The van der Waals surface area contributed by atoms with Crippen LogP contribution < -0.4 is 9.91 Å². The molecule has 0 aromatic carbocycles. The van der Waals surface area contributed by atoms with E-state index in [4.69, 9.17) is 0 Å². The van der Waals surface area contributed by atoms with Crippen LogP contribution in [-0.2, 0) is 0 Å². The molecule has 29 heavy (non-hydrogen) atoms. The highest BCUT2D eigenvalue weighted by atomic mass is 19.1. The van der Waals surface area contributed by atoms with Crippen molar-refractivity contribution in [2.24, 2.45) is 0 Å². The third-order valence-electron chi connectivity index (χ3n) is 5.88. The Morgan fingerprint density at radius 3 is 2.07 bits per heavy atom. The fourth-order valence-corrected chi connectivity index (χ4v) is 4.31. The summed E-state index contributed by atoms with van der Waals surface area (Å²) in [6.45, 7) is 0.778. The zero-order valence-corrected chi connectivity index (χ0v) is 16.3. The van der Waals surface area contributed by atoms with Gasteiger partial charge in [0, 0.05) is 18.6 Å². The largest absolute Gasteiger partial charge is 0.334 e. The molecule has 0 bridgehead atoms. The summed E-state index contributed by atoms with van der Waals surface area (Å²) in [7, 11) is 0. The minimum Gasteiger partial charge on any atom is -0.334 e. The molecule has 0 N–H and O–H groups in total. The number of hydrogen-bond acceptors (Lipinski definition) is 7. The molecular weight excluding hydrogens is 376 g/mol. The maximum absolute atomic E-state index is 14.7. The van der Waals surface area contributed by atoms with E-state index in [-0.39, 0.29) is 18.2 Å². The first-order chi connectivity index (χ1) is 14.2. The first kappa shape index (κ1) is 18.6. The normalized spacial score (nSPS) is 22.9. The third kappa shape index (κ3) is 3.75. The van der Waals surface area contributed by atoms with Crippen molar-refractivity contribution in [2.45, 2.75) is 69.6 Å². The third-order valence-corrected chi connectivity index (χ3v) is 5.88. The zero-order valence-electron chi connectivity index (χ0n) is 16.3. The van der Waals surface area contributed by atoms with Gasteiger partial charge in [-0.2, -0.15) is 5.01 Å². The van der Waals surface area contributed by atoms with Gasteiger partial charge < -0.3 is 4.90 Å². The molecule has 0 radical (unpaired) electrons. The number of nitrogens with zero attached hydrogens (tertiary/aromatic N) is 7. The topological polar surface area (TPSA) is 61.3 Å². The van der Waals surface area contributed by atoms with Crippen LogP contribution >= 0.6 is 0 Å². The molecule has 3 heterocycles. The summed E-state index contributed by atoms with van der Waals surface area (Å²) in [5.41, 5.74) is 0. The lowest BCUT2D eigenvalue weighted by atomic mass is 10.2. The molecule has 3 fully saturated rings. The molecule has 7 nitrogen and oxygen atoms in total. The molecule has 1 unspecified atom stereocenters. The number of anilines is 2. The van der Waals surface area contributed by atoms with Crippen molar-refractivity contribution in [3.05, 3.63) is 36.7 Å². The van der Waals surface area contributed by atoms with Gasteiger partial charge in [0.25, 0.3) is 0 Å². The Labute approximate surface area is 168 Å². The highest BCUT2D eigenvalue weighted by Gasteiger charge is 2.44. The van der Waals surface area contributed by atoms with Crippen molar-refractivity contribution in [3.63, 3.8) is 0 Å².